The van der Waals surface area contributed by atoms with Crippen LogP contribution >= 0.6 is 0 Å². The van der Waals surface area contributed by atoms with E-state index in [4.69, 9.17) is 0 Å². The molecule has 0 N–H and O–H groups in total. The van der Waals surface area contributed by atoms with E-state index in [2.05, 4.69) is 264 Å². The molecule has 69 heavy (non-hydrogen) atoms. The molecule has 0 saturated carbocycles. The van der Waals surface area contributed by atoms with Gasteiger partial charge in [0.15, 0.2) is 0 Å². The zero-order chi connectivity index (χ0) is 45.2. The molecule has 0 amide bonds. The van der Waals surface area contributed by atoms with Gasteiger partial charge in [-0.05, 0) is 149 Å². The van der Waals surface area contributed by atoms with E-state index >= 15 is 0 Å². The molecular weight excluding hydrogens is 833 g/mol. The van der Waals surface area contributed by atoms with Gasteiger partial charge in [0.2, 0.25) is 0 Å². The number of rotatable bonds is 5. The van der Waals surface area contributed by atoms with Gasteiger partial charge in [0.25, 0.3) is 0 Å². The van der Waals surface area contributed by atoms with Crippen molar-refractivity contribution in [3.8, 4) is 39.1 Å². The van der Waals surface area contributed by atoms with Crippen LogP contribution < -0.4 is 4.90 Å². The fraction of sp³-hybridized carbons (Fsp3) is 0.0149. The van der Waals surface area contributed by atoms with Gasteiger partial charge in [-0.25, -0.2) is 0 Å². The molecule has 2 heteroatoms. The molecule has 0 fully saturated rings. The summed E-state index contributed by atoms with van der Waals surface area (Å²) in [6.07, 6.45) is 0. The van der Waals surface area contributed by atoms with Crippen molar-refractivity contribution in [2.45, 2.75) is 5.41 Å². The zero-order valence-electron chi connectivity index (χ0n) is 37.6. The topological polar surface area (TPSA) is 8.17 Å². The van der Waals surface area contributed by atoms with E-state index in [1.54, 1.807) is 0 Å². The minimum atomic E-state index is -0.450. The summed E-state index contributed by atoms with van der Waals surface area (Å²) < 4.78 is 2.38. The summed E-state index contributed by atoms with van der Waals surface area (Å²) in [7, 11) is 0. The summed E-state index contributed by atoms with van der Waals surface area (Å²) >= 11 is 0. The van der Waals surface area contributed by atoms with Crippen LogP contribution in [0.25, 0.3) is 93.2 Å². The standard InChI is InChI=1S/C67H42N2/c1-2-17-51-49(15-1)50-16-3-4-18-52(50)60-41-47(37-39-53(51)60)68(45-33-29-43(30-34-45)44-31-35-46(36-32-44)69-65-27-13-8-22-58(65)59-23-9-14-28-66(59)69)48-38-40-57-56-21-7-12-26-63(56)67(64(57)42-48)61-24-10-5-19-54(61)55-20-6-11-25-62(55)67/h1-42H. The monoisotopic (exact) mass is 874 g/mol. The summed E-state index contributed by atoms with van der Waals surface area (Å²) in [5, 5.41) is 10.1. The second kappa shape index (κ2) is 14.5. The van der Waals surface area contributed by atoms with Crippen molar-refractivity contribution in [1.82, 2.24) is 4.57 Å². The van der Waals surface area contributed by atoms with Gasteiger partial charge in [-0.1, -0.05) is 194 Å². The Morgan fingerprint density at radius 1 is 0.261 bits per heavy atom. The third-order valence-electron chi connectivity index (χ3n) is 15.4. The molecular formula is C67H42N2. The van der Waals surface area contributed by atoms with E-state index in [1.165, 1.54) is 110 Å². The van der Waals surface area contributed by atoms with E-state index in [0.717, 1.165) is 22.7 Å². The van der Waals surface area contributed by atoms with Crippen LogP contribution in [0.3, 0.4) is 0 Å². The van der Waals surface area contributed by atoms with Gasteiger partial charge >= 0.3 is 0 Å². The predicted molar refractivity (Wildman–Crippen MR) is 290 cm³/mol. The minimum Gasteiger partial charge on any atom is -0.310 e. The van der Waals surface area contributed by atoms with Crippen LogP contribution in [-0.2, 0) is 5.41 Å². The molecule has 0 unspecified atom stereocenters. The van der Waals surface area contributed by atoms with Crippen LogP contribution in [0.5, 0.6) is 0 Å². The second-order valence-electron chi connectivity index (χ2n) is 18.7. The van der Waals surface area contributed by atoms with Gasteiger partial charge < -0.3 is 9.47 Å². The van der Waals surface area contributed by atoms with Crippen LogP contribution in [0, 0.1) is 0 Å². The first kappa shape index (κ1) is 38.2. The molecule has 320 valence electrons. The molecule has 15 rings (SSSR count). The van der Waals surface area contributed by atoms with E-state index in [1.807, 2.05) is 0 Å². The van der Waals surface area contributed by atoms with Gasteiger partial charge in [-0.15, -0.1) is 0 Å². The molecule has 1 spiro atoms. The summed E-state index contributed by atoms with van der Waals surface area (Å²) in [5.74, 6) is 0. The molecule has 2 aliphatic rings. The van der Waals surface area contributed by atoms with Gasteiger partial charge in [-0.3, -0.25) is 0 Å². The first-order valence-corrected chi connectivity index (χ1v) is 24.0. The zero-order valence-corrected chi connectivity index (χ0v) is 37.6. The fourth-order valence-corrected chi connectivity index (χ4v) is 12.5. The lowest BCUT2D eigenvalue weighted by atomic mass is 9.70. The van der Waals surface area contributed by atoms with Crippen molar-refractivity contribution in [1.29, 1.82) is 0 Å². The number of hydrogen-bond acceptors (Lipinski definition) is 1. The van der Waals surface area contributed by atoms with Crippen molar-refractivity contribution in [2.24, 2.45) is 0 Å². The van der Waals surface area contributed by atoms with Crippen LogP contribution in [0.1, 0.15) is 22.3 Å². The molecule has 1 heterocycles. The van der Waals surface area contributed by atoms with Crippen LogP contribution in [0.2, 0.25) is 0 Å². The maximum absolute atomic E-state index is 2.50. The number of benzene rings is 12. The number of hydrogen-bond donors (Lipinski definition) is 0. The average molecular weight is 875 g/mol. The highest BCUT2D eigenvalue weighted by molar-refractivity contribution is 6.26. The van der Waals surface area contributed by atoms with Gasteiger partial charge in [0.1, 0.15) is 0 Å². The molecule has 2 aliphatic carbocycles. The Bertz CT molecular complexity index is 4100. The van der Waals surface area contributed by atoms with Gasteiger partial charge in [-0.2, -0.15) is 0 Å². The lowest BCUT2D eigenvalue weighted by Crippen LogP contribution is -2.26. The predicted octanol–water partition coefficient (Wildman–Crippen LogP) is 17.7. The molecule has 0 atom stereocenters. The Balaban J connectivity index is 0.912. The summed E-state index contributed by atoms with van der Waals surface area (Å²) in [6, 6.07) is 94.9. The largest absolute Gasteiger partial charge is 0.310 e. The molecule has 12 aromatic carbocycles. The van der Waals surface area contributed by atoms with Gasteiger partial charge in [0, 0.05) is 33.5 Å². The molecule has 1 aromatic heterocycles. The highest BCUT2D eigenvalue weighted by Gasteiger charge is 2.51. The Morgan fingerprint density at radius 3 is 1.17 bits per heavy atom. The first-order chi connectivity index (χ1) is 34.2. The van der Waals surface area contributed by atoms with Crippen LogP contribution in [-0.4, -0.2) is 4.57 Å². The number of para-hydroxylation sites is 2. The lowest BCUT2D eigenvalue weighted by molar-refractivity contribution is 0.793. The quantitative estimate of drug-likeness (QED) is 0.156. The number of aromatic nitrogens is 1. The van der Waals surface area contributed by atoms with E-state index in [-0.39, 0.29) is 0 Å². The first-order valence-electron chi connectivity index (χ1n) is 24.0. The van der Waals surface area contributed by atoms with Crippen molar-refractivity contribution in [2.75, 3.05) is 4.90 Å². The maximum Gasteiger partial charge on any atom is 0.0726 e. The lowest BCUT2D eigenvalue weighted by Gasteiger charge is -2.32. The number of nitrogens with zero attached hydrogens (tertiary/aromatic N) is 2. The van der Waals surface area contributed by atoms with Crippen molar-refractivity contribution < 1.29 is 0 Å². The highest BCUT2D eigenvalue weighted by Crippen LogP contribution is 2.63. The normalized spacial score (nSPS) is 13.0. The fourth-order valence-electron chi connectivity index (χ4n) is 12.5. The third-order valence-corrected chi connectivity index (χ3v) is 15.4. The molecule has 13 aromatic rings. The van der Waals surface area contributed by atoms with Crippen LogP contribution in [0.4, 0.5) is 17.1 Å². The minimum absolute atomic E-state index is 0.450. The molecule has 0 bridgehead atoms. The number of fused-ring (bicyclic) bond motifs is 19. The van der Waals surface area contributed by atoms with E-state index in [9.17, 15) is 0 Å². The molecule has 0 saturated heterocycles. The van der Waals surface area contributed by atoms with Crippen molar-refractivity contribution in [3.05, 3.63) is 277 Å². The van der Waals surface area contributed by atoms with E-state index < -0.39 is 5.41 Å². The Kier molecular flexibility index (Phi) is 8.02. The van der Waals surface area contributed by atoms with E-state index in [0.29, 0.717) is 0 Å². The van der Waals surface area contributed by atoms with Crippen molar-refractivity contribution in [3.63, 3.8) is 0 Å². The summed E-state index contributed by atoms with van der Waals surface area (Å²) in [5.41, 5.74) is 19.4. The Labute approximate surface area is 400 Å². The Hall–Kier alpha value is -8.98. The summed E-state index contributed by atoms with van der Waals surface area (Å²) in [6.45, 7) is 0. The van der Waals surface area contributed by atoms with Crippen molar-refractivity contribution >= 4 is 71.2 Å². The smallest absolute Gasteiger partial charge is 0.0726 e. The average Bonchev–Trinajstić information content (AvgIpc) is 4.03. The molecule has 2 nitrogen and oxygen atoms in total. The summed E-state index contributed by atoms with van der Waals surface area (Å²) in [4.78, 5) is 2.47. The molecule has 0 aliphatic heterocycles. The number of anilines is 3. The highest BCUT2D eigenvalue weighted by atomic mass is 15.1. The van der Waals surface area contributed by atoms with Gasteiger partial charge in [0.05, 0.1) is 16.4 Å². The maximum atomic E-state index is 2.50. The Morgan fingerprint density at radius 2 is 0.638 bits per heavy atom. The second-order valence-corrected chi connectivity index (χ2v) is 18.7. The SMILES string of the molecule is c1ccc2c(c1)-c1ccccc1C21c2ccccc2-c2ccc(N(c3ccc(-c4ccc(-n5c6ccccc6c6ccccc65)cc4)cc3)c3ccc4c5ccccc5c5ccccc5c4c3)cc21. The third kappa shape index (κ3) is 5.31. The van der Waals surface area contributed by atoms with Crippen LogP contribution in [0.15, 0.2) is 255 Å². The molecule has 0 radical (unpaired) electrons.